The van der Waals surface area contributed by atoms with E-state index in [4.69, 9.17) is 14.2 Å². The van der Waals surface area contributed by atoms with E-state index in [2.05, 4.69) is 10.6 Å². The molecule has 2 rings (SSSR count). The Hall–Kier alpha value is -2.77. The molecule has 1 aliphatic carbocycles. The number of nitrogens with one attached hydrogen (secondary N) is 2. The molecule has 1 saturated carbocycles. The largest absolute Gasteiger partial charge is 0.490 e. The molecule has 0 heterocycles. The van der Waals surface area contributed by atoms with Crippen LogP contribution < -0.4 is 20.1 Å². The molecule has 1 atom stereocenters. The monoisotopic (exact) mass is 420 g/mol. The van der Waals surface area contributed by atoms with E-state index in [1.807, 2.05) is 20.8 Å². The smallest absolute Gasteiger partial charge is 0.339 e. The Morgan fingerprint density at radius 2 is 1.77 bits per heavy atom. The summed E-state index contributed by atoms with van der Waals surface area (Å²) in [6.45, 7) is 8.24. The molecule has 2 N–H and O–H groups in total. The quantitative estimate of drug-likeness (QED) is 0.593. The van der Waals surface area contributed by atoms with E-state index in [-0.39, 0.29) is 11.6 Å². The van der Waals surface area contributed by atoms with Crippen molar-refractivity contribution in [2.24, 2.45) is 5.92 Å². The highest BCUT2D eigenvalue weighted by molar-refractivity contribution is 5.98. The van der Waals surface area contributed by atoms with Gasteiger partial charge in [-0.1, -0.05) is 26.7 Å². The molecule has 1 aliphatic rings. The van der Waals surface area contributed by atoms with Gasteiger partial charge in [-0.2, -0.15) is 0 Å². The molecule has 0 radical (unpaired) electrons. The molecule has 0 spiro atoms. The third-order valence-electron chi connectivity index (χ3n) is 4.63. The fourth-order valence-electron chi connectivity index (χ4n) is 3.07. The molecule has 30 heavy (non-hydrogen) atoms. The van der Waals surface area contributed by atoms with Crippen LogP contribution in [0.1, 0.15) is 63.7 Å². The first kappa shape index (κ1) is 23.5. The lowest BCUT2D eigenvalue weighted by Crippen LogP contribution is -2.47. The Bertz CT molecular complexity index is 743. The van der Waals surface area contributed by atoms with Crippen LogP contribution in [0.5, 0.6) is 11.5 Å². The average Bonchev–Trinajstić information content (AvgIpc) is 3.19. The maximum Gasteiger partial charge on any atom is 0.339 e. The van der Waals surface area contributed by atoms with E-state index in [1.165, 1.54) is 13.0 Å². The second-order valence-corrected chi connectivity index (χ2v) is 7.79. The highest BCUT2D eigenvalue weighted by atomic mass is 16.5. The predicted molar refractivity (Wildman–Crippen MR) is 112 cm³/mol. The maximum absolute atomic E-state index is 12.5. The number of amides is 3. The fourth-order valence-corrected chi connectivity index (χ4v) is 3.07. The topological polar surface area (TPSA) is 103 Å². The van der Waals surface area contributed by atoms with Gasteiger partial charge in [-0.25, -0.2) is 9.59 Å². The lowest BCUT2D eigenvalue weighted by molar-refractivity contribution is -0.127. The van der Waals surface area contributed by atoms with E-state index in [0.29, 0.717) is 30.6 Å². The molecule has 0 bridgehead atoms. The summed E-state index contributed by atoms with van der Waals surface area (Å²) in [5.41, 5.74) is 0.227. The molecule has 0 aromatic heterocycles. The van der Waals surface area contributed by atoms with Gasteiger partial charge in [0.15, 0.2) is 17.6 Å². The van der Waals surface area contributed by atoms with Crippen molar-refractivity contribution in [3.05, 3.63) is 23.8 Å². The van der Waals surface area contributed by atoms with Crippen molar-refractivity contribution in [2.45, 2.75) is 65.5 Å². The molecule has 0 unspecified atom stereocenters. The first-order valence-electron chi connectivity index (χ1n) is 10.5. The number of carbonyl (C=O) groups excluding carboxylic acids is 3. The summed E-state index contributed by atoms with van der Waals surface area (Å²) in [6, 6.07) is 4.24. The van der Waals surface area contributed by atoms with Crippen molar-refractivity contribution in [3.8, 4) is 11.5 Å². The summed E-state index contributed by atoms with van der Waals surface area (Å²) in [6.07, 6.45) is 2.82. The molecule has 1 aromatic carbocycles. The standard InChI is InChI=1S/C22H32N2O6/c1-5-28-19-12-16(10-11-18(19)29-13-14(2)3)21(26)30-15(4)20(25)24-22(27)23-17-8-6-7-9-17/h10-12,14-15,17H,5-9,13H2,1-4H3,(H2,23,24,25,27)/t15-/m0/s1. The zero-order valence-corrected chi connectivity index (χ0v) is 18.2. The Balaban J connectivity index is 1.93. The number of carbonyl (C=O) groups is 3. The minimum absolute atomic E-state index is 0.0871. The van der Waals surface area contributed by atoms with Crippen LogP contribution in [-0.2, 0) is 9.53 Å². The highest BCUT2D eigenvalue weighted by Gasteiger charge is 2.23. The van der Waals surface area contributed by atoms with Gasteiger partial charge in [0.05, 0.1) is 18.8 Å². The number of ether oxygens (including phenoxy) is 3. The number of imide groups is 1. The van der Waals surface area contributed by atoms with Gasteiger partial charge in [0.25, 0.3) is 5.91 Å². The minimum atomic E-state index is -1.13. The number of rotatable bonds is 9. The van der Waals surface area contributed by atoms with Crippen molar-refractivity contribution in [3.63, 3.8) is 0 Å². The Kier molecular flexibility index (Phi) is 8.95. The fraction of sp³-hybridized carbons (Fsp3) is 0.591. The van der Waals surface area contributed by atoms with E-state index in [0.717, 1.165) is 25.7 Å². The van der Waals surface area contributed by atoms with Gasteiger partial charge in [0.1, 0.15) is 0 Å². The van der Waals surface area contributed by atoms with Gasteiger partial charge in [-0.15, -0.1) is 0 Å². The summed E-state index contributed by atoms with van der Waals surface area (Å²) >= 11 is 0. The molecule has 0 saturated heterocycles. The molecular formula is C22H32N2O6. The lowest BCUT2D eigenvalue weighted by atomic mass is 10.2. The van der Waals surface area contributed by atoms with E-state index < -0.39 is 24.0 Å². The maximum atomic E-state index is 12.5. The number of hydrogen-bond acceptors (Lipinski definition) is 6. The molecule has 166 valence electrons. The van der Waals surface area contributed by atoms with Crippen molar-refractivity contribution < 1.29 is 28.6 Å². The van der Waals surface area contributed by atoms with Gasteiger partial charge >= 0.3 is 12.0 Å². The first-order valence-corrected chi connectivity index (χ1v) is 10.5. The summed E-state index contributed by atoms with van der Waals surface area (Å²) < 4.78 is 16.5. The van der Waals surface area contributed by atoms with Gasteiger partial charge < -0.3 is 19.5 Å². The highest BCUT2D eigenvalue weighted by Crippen LogP contribution is 2.29. The summed E-state index contributed by atoms with van der Waals surface area (Å²) in [5.74, 6) is -0.0579. The molecule has 8 heteroatoms. The molecule has 3 amide bonds. The predicted octanol–water partition coefficient (Wildman–Crippen LogP) is 3.43. The third kappa shape index (κ3) is 7.24. The van der Waals surface area contributed by atoms with Crippen LogP contribution in [0.3, 0.4) is 0 Å². The summed E-state index contributed by atoms with van der Waals surface area (Å²) in [4.78, 5) is 36.6. The Morgan fingerprint density at radius 3 is 2.40 bits per heavy atom. The molecular weight excluding hydrogens is 388 g/mol. The Morgan fingerprint density at radius 1 is 1.07 bits per heavy atom. The van der Waals surface area contributed by atoms with E-state index in [1.54, 1.807) is 12.1 Å². The van der Waals surface area contributed by atoms with Crippen LogP contribution in [0.15, 0.2) is 18.2 Å². The number of urea groups is 1. The molecule has 1 aromatic rings. The van der Waals surface area contributed by atoms with Crippen molar-refractivity contribution in [1.29, 1.82) is 0 Å². The van der Waals surface area contributed by atoms with E-state index in [9.17, 15) is 14.4 Å². The average molecular weight is 421 g/mol. The van der Waals surface area contributed by atoms with Gasteiger partial charge in [-0.05, 0) is 50.8 Å². The van der Waals surface area contributed by atoms with Crippen molar-refractivity contribution >= 4 is 17.9 Å². The van der Waals surface area contributed by atoms with Crippen molar-refractivity contribution in [1.82, 2.24) is 10.6 Å². The van der Waals surface area contributed by atoms with Crippen LogP contribution in [0.4, 0.5) is 4.79 Å². The molecule has 1 fully saturated rings. The second kappa shape index (κ2) is 11.4. The van der Waals surface area contributed by atoms with Crippen LogP contribution in [0.25, 0.3) is 0 Å². The number of benzene rings is 1. The van der Waals surface area contributed by atoms with Gasteiger partial charge in [0, 0.05) is 6.04 Å². The van der Waals surface area contributed by atoms with Crippen LogP contribution in [0, 0.1) is 5.92 Å². The van der Waals surface area contributed by atoms with Crippen LogP contribution in [0.2, 0.25) is 0 Å². The minimum Gasteiger partial charge on any atom is -0.490 e. The lowest BCUT2D eigenvalue weighted by Gasteiger charge is -2.17. The van der Waals surface area contributed by atoms with E-state index >= 15 is 0 Å². The zero-order valence-electron chi connectivity index (χ0n) is 18.2. The second-order valence-electron chi connectivity index (χ2n) is 7.79. The Labute approximate surface area is 177 Å². The first-order chi connectivity index (χ1) is 14.3. The van der Waals surface area contributed by atoms with Crippen LogP contribution >= 0.6 is 0 Å². The SMILES string of the molecule is CCOc1cc(C(=O)O[C@@H](C)C(=O)NC(=O)NC2CCCC2)ccc1OCC(C)C. The van der Waals surface area contributed by atoms with Gasteiger partial charge in [0.2, 0.25) is 0 Å². The normalized spacial score (nSPS) is 14.8. The molecule has 0 aliphatic heterocycles. The van der Waals surface area contributed by atoms with Gasteiger partial charge in [-0.3, -0.25) is 10.1 Å². The van der Waals surface area contributed by atoms with Crippen LogP contribution in [-0.4, -0.2) is 43.3 Å². The zero-order chi connectivity index (χ0) is 22.1. The summed E-state index contributed by atoms with van der Waals surface area (Å²) in [5, 5.41) is 4.98. The third-order valence-corrected chi connectivity index (χ3v) is 4.63. The van der Waals surface area contributed by atoms with Crippen molar-refractivity contribution in [2.75, 3.05) is 13.2 Å². The molecule has 8 nitrogen and oxygen atoms in total. The summed E-state index contributed by atoms with van der Waals surface area (Å²) in [7, 11) is 0. The number of esters is 1. The number of hydrogen-bond donors (Lipinski definition) is 2.